The van der Waals surface area contributed by atoms with Gasteiger partial charge < -0.3 is 10.1 Å². The second kappa shape index (κ2) is 9.93. The summed E-state index contributed by atoms with van der Waals surface area (Å²) < 4.78 is 33.1. The van der Waals surface area contributed by atoms with E-state index in [0.29, 0.717) is 11.4 Å². The van der Waals surface area contributed by atoms with Gasteiger partial charge in [0, 0.05) is 16.7 Å². The molecule has 0 fully saturated rings. The molecule has 0 spiro atoms. The number of carbonyl (C=O) groups is 1. The molecule has 9 heteroatoms. The zero-order valence-electron chi connectivity index (χ0n) is 16.8. The first-order chi connectivity index (χ1) is 13.6. The van der Waals surface area contributed by atoms with Crippen LogP contribution in [0.1, 0.15) is 25.0 Å². The number of methoxy groups -OCH3 is 1. The molecule has 6 nitrogen and oxygen atoms in total. The molecule has 29 heavy (non-hydrogen) atoms. The van der Waals surface area contributed by atoms with Crippen LogP contribution >= 0.6 is 27.5 Å². The van der Waals surface area contributed by atoms with E-state index in [0.717, 1.165) is 26.3 Å². The van der Waals surface area contributed by atoms with E-state index in [2.05, 4.69) is 21.2 Å². The smallest absolute Gasteiger partial charge is 0.243 e. The number of aryl methyl sites for hydroxylation is 2. The van der Waals surface area contributed by atoms with Gasteiger partial charge in [0.2, 0.25) is 15.9 Å². The van der Waals surface area contributed by atoms with Crippen LogP contribution in [0.15, 0.2) is 39.7 Å². The number of hydrogen-bond donors (Lipinski definition) is 1. The lowest BCUT2D eigenvalue weighted by Crippen LogP contribution is -2.38. The molecule has 0 aliphatic carbocycles. The van der Waals surface area contributed by atoms with E-state index in [1.54, 1.807) is 6.92 Å². The molecule has 0 heterocycles. The second-order valence-electron chi connectivity index (χ2n) is 6.39. The Morgan fingerprint density at radius 2 is 1.93 bits per heavy atom. The molecule has 0 radical (unpaired) electrons. The first-order valence-electron chi connectivity index (χ1n) is 9.06. The molecule has 158 valence electrons. The Bertz CT molecular complexity index is 1010. The van der Waals surface area contributed by atoms with Crippen LogP contribution in [0, 0.1) is 6.92 Å². The molecule has 0 atom stereocenters. The van der Waals surface area contributed by atoms with Gasteiger partial charge in [-0.1, -0.05) is 41.4 Å². The number of nitrogens with zero attached hydrogens (tertiary/aromatic N) is 1. The number of hydrogen-bond acceptors (Lipinski definition) is 4. The Hall–Kier alpha value is -1.61. The van der Waals surface area contributed by atoms with Gasteiger partial charge in [-0.15, -0.1) is 0 Å². The van der Waals surface area contributed by atoms with Crippen molar-refractivity contribution in [2.24, 2.45) is 0 Å². The number of nitrogens with one attached hydrogen (secondary N) is 1. The molecule has 0 saturated heterocycles. The highest BCUT2D eigenvalue weighted by atomic mass is 79.9. The average molecular weight is 504 g/mol. The van der Waals surface area contributed by atoms with Crippen LogP contribution in [0.2, 0.25) is 5.02 Å². The average Bonchev–Trinajstić information content (AvgIpc) is 2.67. The molecule has 0 aliphatic rings. The summed E-state index contributed by atoms with van der Waals surface area (Å²) >= 11 is 9.52. The zero-order valence-corrected chi connectivity index (χ0v) is 19.9. The molecule has 2 aromatic carbocycles. The molecular formula is C20H24BrClN2O4S. The molecule has 0 bridgehead atoms. The Morgan fingerprint density at radius 1 is 1.24 bits per heavy atom. The maximum Gasteiger partial charge on any atom is 0.243 e. The Labute approximate surface area is 185 Å². The van der Waals surface area contributed by atoms with Crippen molar-refractivity contribution < 1.29 is 17.9 Å². The van der Waals surface area contributed by atoms with Crippen LogP contribution in [-0.4, -0.2) is 38.8 Å². The zero-order chi connectivity index (χ0) is 21.8. The van der Waals surface area contributed by atoms with Gasteiger partial charge in [-0.2, -0.15) is 4.31 Å². The number of halogens is 2. The van der Waals surface area contributed by atoms with Crippen molar-refractivity contribution in [2.45, 2.75) is 32.1 Å². The second-order valence-corrected chi connectivity index (χ2v) is 9.65. The van der Waals surface area contributed by atoms with E-state index >= 15 is 0 Å². The molecule has 1 N–H and O–H groups in total. The number of amides is 1. The first kappa shape index (κ1) is 23.7. The monoisotopic (exact) mass is 502 g/mol. The maximum atomic E-state index is 13.0. The van der Waals surface area contributed by atoms with Crippen LogP contribution in [0.5, 0.6) is 5.75 Å². The Balaban J connectivity index is 2.25. The minimum Gasteiger partial charge on any atom is -0.495 e. The summed E-state index contributed by atoms with van der Waals surface area (Å²) in [6, 6.07) is 8.07. The molecule has 1 amide bonds. The lowest BCUT2D eigenvalue weighted by atomic mass is 10.1. The van der Waals surface area contributed by atoms with Crippen molar-refractivity contribution in [3.05, 3.63) is 51.0 Å². The van der Waals surface area contributed by atoms with Crippen LogP contribution in [0.3, 0.4) is 0 Å². The fourth-order valence-corrected chi connectivity index (χ4v) is 5.31. The normalized spacial score (nSPS) is 11.6. The van der Waals surface area contributed by atoms with Crippen molar-refractivity contribution in [2.75, 3.05) is 25.5 Å². The van der Waals surface area contributed by atoms with Crippen LogP contribution in [-0.2, 0) is 21.2 Å². The van der Waals surface area contributed by atoms with Gasteiger partial charge in [0.05, 0.1) is 23.6 Å². The van der Waals surface area contributed by atoms with Crippen molar-refractivity contribution in [1.29, 1.82) is 0 Å². The van der Waals surface area contributed by atoms with E-state index in [4.69, 9.17) is 16.3 Å². The van der Waals surface area contributed by atoms with Gasteiger partial charge in [-0.3, -0.25) is 4.79 Å². The number of likely N-dealkylation sites (N-methyl/N-ethyl adjacent to an activating group) is 1. The number of benzene rings is 2. The summed E-state index contributed by atoms with van der Waals surface area (Å²) in [6.45, 7) is 5.40. The number of carbonyl (C=O) groups excluding carboxylic acids is 1. The highest BCUT2D eigenvalue weighted by Gasteiger charge is 2.26. The SMILES string of the molecule is CCc1cc(Br)cc(C)c1NC(=O)CN(CC)S(=O)(=O)c1ccc(OC)c(Cl)c1. The molecule has 2 rings (SSSR count). The first-order valence-corrected chi connectivity index (χ1v) is 11.7. The number of ether oxygens (including phenoxy) is 1. The van der Waals surface area contributed by atoms with Crippen molar-refractivity contribution in [1.82, 2.24) is 4.31 Å². The molecule has 0 aromatic heterocycles. The lowest BCUT2D eigenvalue weighted by molar-refractivity contribution is -0.116. The summed E-state index contributed by atoms with van der Waals surface area (Å²) in [5.41, 5.74) is 2.58. The minimum atomic E-state index is -3.89. The molecule has 0 unspecified atom stereocenters. The molecular weight excluding hydrogens is 480 g/mol. The van der Waals surface area contributed by atoms with E-state index < -0.39 is 15.9 Å². The van der Waals surface area contributed by atoms with Gasteiger partial charge in [-0.25, -0.2) is 8.42 Å². The number of rotatable bonds is 8. The van der Waals surface area contributed by atoms with E-state index in [1.807, 2.05) is 26.0 Å². The third-order valence-corrected chi connectivity index (χ3v) is 7.13. The van der Waals surface area contributed by atoms with Gasteiger partial charge in [-0.05, 0) is 54.8 Å². The lowest BCUT2D eigenvalue weighted by Gasteiger charge is -2.21. The minimum absolute atomic E-state index is 0.00650. The summed E-state index contributed by atoms with van der Waals surface area (Å²) in [5, 5.41) is 3.05. The molecule has 2 aromatic rings. The highest BCUT2D eigenvalue weighted by molar-refractivity contribution is 9.10. The van der Waals surface area contributed by atoms with Crippen molar-refractivity contribution >= 4 is 49.1 Å². The van der Waals surface area contributed by atoms with Crippen LogP contribution in [0.25, 0.3) is 0 Å². The van der Waals surface area contributed by atoms with Crippen molar-refractivity contribution in [3.63, 3.8) is 0 Å². The van der Waals surface area contributed by atoms with E-state index in [-0.39, 0.29) is 23.0 Å². The number of anilines is 1. The quantitative estimate of drug-likeness (QED) is 0.570. The summed E-state index contributed by atoms with van der Waals surface area (Å²) in [5.74, 6) is -0.0284. The Morgan fingerprint density at radius 3 is 2.48 bits per heavy atom. The van der Waals surface area contributed by atoms with Gasteiger partial charge in [0.15, 0.2) is 0 Å². The van der Waals surface area contributed by atoms with Crippen molar-refractivity contribution in [3.8, 4) is 5.75 Å². The molecule has 0 aliphatic heterocycles. The fourth-order valence-electron chi connectivity index (χ4n) is 2.93. The maximum absolute atomic E-state index is 13.0. The highest BCUT2D eigenvalue weighted by Crippen LogP contribution is 2.29. The van der Waals surface area contributed by atoms with Gasteiger partial charge in [0.25, 0.3) is 0 Å². The predicted octanol–water partition coefficient (Wildman–Crippen LogP) is 4.63. The largest absolute Gasteiger partial charge is 0.495 e. The summed E-state index contributed by atoms with van der Waals surface area (Å²) in [6.07, 6.45) is 0.732. The van der Waals surface area contributed by atoms with Crippen LogP contribution < -0.4 is 10.1 Å². The standard InChI is InChI=1S/C20H24BrClN2O4S/c1-5-14-10-15(21)9-13(3)20(14)23-19(25)12-24(6-2)29(26,27)16-7-8-18(28-4)17(22)11-16/h7-11H,5-6,12H2,1-4H3,(H,23,25). The van der Waals surface area contributed by atoms with E-state index in [9.17, 15) is 13.2 Å². The van der Waals surface area contributed by atoms with E-state index in [1.165, 1.54) is 25.3 Å². The third kappa shape index (κ3) is 5.51. The van der Waals surface area contributed by atoms with Crippen LogP contribution in [0.4, 0.5) is 5.69 Å². The number of sulfonamides is 1. The van der Waals surface area contributed by atoms with Gasteiger partial charge in [0.1, 0.15) is 5.75 Å². The molecule has 0 saturated carbocycles. The Kier molecular flexibility index (Phi) is 8.10. The topological polar surface area (TPSA) is 75.7 Å². The summed E-state index contributed by atoms with van der Waals surface area (Å²) in [7, 11) is -2.44. The fraction of sp³-hybridized carbons (Fsp3) is 0.350. The summed E-state index contributed by atoms with van der Waals surface area (Å²) in [4.78, 5) is 12.7. The third-order valence-electron chi connectivity index (χ3n) is 4.46. The predicted molar refractivity (Wildman–Crippen MR) is 119 cm³/mol. The van der Waals surface area contributed by atoms with Gasteiger partial charge >= 0.3 is 0 Å².